The number of rotatable bonds is 3. The molecule has 2 heterocycles. The molecule has 0 saturated carbocycles. The summed E-state index contributed by atoms with van der Waals surface area (Å²) in [5.74, 6) is 0. The van der Waals surface area contributed by atoms with Crippen LogP contribution in [-0.2, 0) is 16.9 Å². The molecule has 1 unspecified atom stereocenters. The Morgan fingerprint density at radius 1 is 1.26 bits per heavy atom. The van der Waals surface area contributed by atoms with Crippen LogP contribution in [0.15, 0.2) is 54.7 Å². The van der Waals surface area contributed by atoms with Gasteiger partial charge in [0.2, 0.25) is 0 Å². The van der Waals surface area contributed by atoms with Crippen molar-refractivity contribution in [2.24, 2.45) is 0 Å². The summed E-state index contributed by atoms with van der Waals surface area (Å²) in [6, 6.07) is 15.6. The van der Waals surface area contributed by atoms with E-state index in [0.29, 0.717) is 26.2 Å². The molecule has 2 aromatic rings. The van der Waals surface area contributed by atoms with Crippen LogP contribution in [0, 0.1) is 0 Å². The molecule has 1 atom stereocenters. The minimum absolute atomic E-state index is 0.0823. The van der Waals surface area contributed by atoms with Gasteiger partial charge in [0.15, 0.2) is 0 Å². The van der Waals surface area contributed by atoms with Crippen LogP contribution in [0.4, 0.5) is 4.79 Å². The molecule has 1 aliphatic heterocycles. The number of morpholine rings is 1. The molecule has 0 aliphatic carbocycles. The number of hydrogen-bond donors (Lipinski definition) is 1. The van der Waals surface area contributed by atoms with Gasteiger partial charge in [-0.2, -0.15) is 0 Å². The molecular weight excluding hydrogens is 290 g/mol. The first-order valence-corrected chi connectivity index (χ1v) is 7.79. The van der Waals surface area contributed by atoms with Crippen molar-refractivity contribution < 1.29 is 9.53 Å². The maximum Gasteiger partial charge on any atom is 0.317 e. The first-order valence-electron chi connectivity index (χ1n) is 7.79. The number of benzene rings is 1. The zero-order valence-corrected chi connectivity index (χ0v) is 13.2. The van der Waals surface area contributed by atoms with Gasteiger partial charge < -0.3 is 15.0 Å². The van der Waals surface area contributed by atoms with Crippen LogP contribution in [0.3, 0.4) is 0 Å². The van der Waals surface area contributed by atoms with E-state index < -0.39 is 5.60 Å². The van der Waals surface area contributed by atoms with E-state index in [1.165, 1.54) is 0 Å². The van der Waals surface area contributed by atoms with E-state index in [9.17, 15) is 4.79 Å². The molecule has 0 radical (unpaired) electrons. The van der Waals surface area contributed by atoms with E-state index in [1.54, 1.807) is 11.1 Å². The van der Waals surface area contributed by atoms with E-state index in [0.717, 1.165) is 11.3 Å². The van der Waals surface area contributed by atoms with Gasteiger partial charge in [0.05, 0.1) is 25.4 Å². The summed E-state index contributed by atoms with van der Waals surface area (Å²) < 4.78 is 5.96. The molecule has 3 rings (SSSR count). The van der Waals surface area contributed by atoms with Crippen LogP contribution in [0.1, 0.15) is 18.2 Å². The molecule has 120 valence electrons. The Kier molecular flexibility index (Phi) is 4.57. The molecule has 0 spiro atoms. The Bertz CT molecular complexity index is 648. The molecule has 1 fully saturated rings. The summed E-state index contributed by atoms with van der Waals surface area (Å²) in [7, 11) is 0. The first kappa shape index (κ1) is 15.5. The van der Waals surface area contributed by atoms with Gasteiger partial charge in [0, 0.05) is 12.7 Å². The second-order valence-electron chi connectivity index (χ2n) is 5.85. The normalized spacial score (nSPS) is 21.0. The number of hydrogen-bond acceptors (Lipinski definition) is 3. The Morgan fingerprint density at radius 2 is 2.04 bits per heavy atom. The Morgan fingerprint density at radius 3 is 2.78 bits per heavy atom. The Hall–Kier alpha value is -2.40. The lowest BCUT2D eigenvalue weighted by Crippen LogP contribution is -2.53. The average molecular weight is 311 g/mol. The van der Waals surface area contributed by atoms with Crippen LogP contribution in [0.2, 0.25) is 0 Å². The van der Waals surface area contributed by atoms with E-state index in [2.05, 4.69) is 10.3 Å². The summed E-state index contributed by atoms with van der Waals surface area (Å²) >= 11 is 0. The zero-order valence-electron chi connectivity index (χ0n) is 13.2. The first-order chi connectivity index (χ1) is 11.2. The summed E-state index contributed by atoms with van der Waals surface area (Å²) in [6.07, 6.45) is 1.72. The van der Waals surface area contributed by atoms with Crippen molar-refractivity contribution in [2.75, 3.05) is 19.7 Å². The fourth-order valence-electron chi connectivity index (χ4n) is 2.79. The Labute approximate surface area is 136 Å². The molecule has 1 aromatic heterocycles. The number of nitrogens with zero attached hydrogens (tertiary/aromatic N) is 2. The smallest absolute Gasteiger partial charge is 0.317 e. The SMILES string of the molecule is CC1(c2ccccc2)CN(C(=O)NCc2ccccn2)CCO1. The van der Waals surface area contributed by atoms with E-state index in [-0.39, 0.29) is 6.03 Å². The van der Waals surface area contributed by atoms with Crippen LogP contribution >= 0.6 is 0 Å². The molecule has 23 heavy (non-hydrogen) atoms. The lowest BCUT2D eigenvalue weighted by atomic mass is 9.94. The molecular formula is C18H21N3O2. The highest BCUT2D eigenvalue weighted by Gasteiger charge is 2.35. The Balaban J connectivity index is 1.63. The molecule has 1 N–H and O–H groups in total. The van der Waals surface area contributed by atoms with Gasteiger partial charge in [-0.1, -0.05) is 36.4 Å². The van der Waals surface area contributed by atoms with Crippen molar-refractivity contribution in [3.63, 3.8) is 0 Å². The number of carbonyl (C=O) groups excluding carboxylic acids is 1. The van der Waals surface area contributed by atoms with Crippen LogP contribution in [0.25, 0.3) is 0 Å². The van der Waals surface area contributed by atoms with Gasteiger partial charge in [-0.25, -0.2) is 4.79 Å². The van der Waals surface area contributed by atoms with Crippen LogP contribution in [0.5, 0.6) is 0 Å². The average Bonchev–Trinajstić information content (AvgIpc) is 2.61. The third kappa shape index (κ3) is 3.68. The molecule has 1 aliphatic rings. The maximum atomic E-state index is 12.4. The lowest BCUT2D eigenvalue weighted by Gasteiger charge is -2.40. The summed E-state index contributed by atoms with van der Waals surface area (Å²) in [4.78, 5) is 18.4. The standard InChI is InChI=1S/C18H21N3O2/c1-18(15-7-3-2-4-8-15)14-21(11-12-23-18)17(22)20-13-16-9-5-6-10-19-16/h2-10H,11-14H2,1H3,(H,20,22). The fourth-order valence-corrected chi connectivity index (χ4v) is 2.79. The van der Waals surface area contributed by atoms with Gasteiger partial charge in [0.25, 0.3) is 0 Å². The molecule has 1 aromatic carbocycles. The summed E-state index contributed by atoms with van der Waals surface area (Å²) in [5, 5.41) is 2.93. The highest BCUT2D eigenvalue weighted by molar-refractivity contribution is 5.74. The van der Waals surface area contributed by atoms with Gasteiger partial charge in [-0.3, -0.25) is 4.98 Å². The van der Waals surface area contributed by atoms with Crippen molar-refractivity contribution in [3.8, 4) is 0 Å². The van der Waals surface area contributed by atoms with E-state index >= 15 is 0 Å². The number of urea groups is 1. The van der Waals surface area contributed by atoms with E-state index in [1.807, 2.05) is 55.5 Å². The van der Waals surface area contributed by atoms with Crippen molar-refractivity contribution in [2.45, 2.75) is 19.1 Å². The third-order valence-electron chi connectivity index (χ3n) is 4.09. The summed E-state index contributed by atoms with van der Waals surface area (Å²) in [5.41, 5.74) is 1.46. The second-order valence-corrected chi connectivity index (χ2v) is 5.85. The van der Waals surface area contributed by atoms with Gasteiger partial charge in [0.1, 0.15) is 5.60 Å². The minimum atomic E-state index is -0.470. The monoisotopic (exact) mass is 311 g/mol. The summed E-state index contributed by atoms with van der Waals surface area (Å²) in [6.45, 7) is 4.11. The van der Waals surface area contributed by atoms with Gasteiger partial charge >= 0.3 is 6.03 Å². The number of pyridine rings is 1. The van der Waals surface area contributed by atoms with Crippen molar-refractivity contribution in [1.29, 1.82) is 0 Å². The number of amides is 2. The van der Waals surface area contributed by atoms with Crippen molar-refractivity contribution in [1.82, 2.24) is 15.2 Å². The largest absolute Gasteiger partial charge is 0.367 e. The van der Waals surface area contributed by atoms with Crippen LogP contribution in [-0.4, -0.2) is 35.6 Å². The zero-order chi connectivity index (χ0) is 16.1. The topological polar surface area (TPSA) is 54.5 Å². The molecule has 5 heteroatoms. The predicted octanol–water partition coefficient (Wildman–Crippen LogP) is 2.54. The second kappa shape index (κ2) is 6.79. The third-order valence-corrected chi connectivity index (χ3v) is 4.09. The molecule has 5 nitrogen and oxygen atoms in total. The number of carbonyl (C=O) groups is 1. The van der Waals surface area contributed by atoms with Gasteiger partial charge in [-0.05, 0) is 24.6 Å². The quantitative estimate of drug-likeness (QED) is 0.948. The van der Waals surface area contributed by atoms with Crippen molar-refractivity contribution in [3.05, 3.63) is 66.0 Å². The van der Waals surface area contributed by atoms with Crippen LogP contribution < -0.4 is 5.32 Å². The lowest BCUT2D eigenvalue weighted by molar-refractivity contribution is -0.0906. The van der Waals surface area contributed by atoms with Gasteiger partial charge in [-0.15, -0.1) is 0 Å². The molecule has 1 saturated heterocycles. The predicted molar refractivity (Wildman–Crippen MR) is 87.8 cm³/mol. The maximum absolute atomic E-state index is 12.4. The molecule has 0 bridgehead atoms. The number of aromatic nitrogens is 1. The highest BCUT2D eigenvalue weighted by Crippen LogP contribution is 2.29. The number of nitrogens with one attached hydrogen (secondary N) is 1. The number of ether oxygens (including phenoxy) is 1. The minimum Gasteiger partial charge on any atom is -0.367 e. The van der Waals surface area contributed by atoms with E-state index in [4.69, 9.17) is 4.74 Å². The highest BCUT2D eigenvalue weighted by atomic mass is 16.5. The van der Waals surface area contributed by atoms with Crippen molar-refractivity contribution >= 4 is 6.03 Å². The molecule has 2 amide bonds. The fraction of sp³-hybridized carbons (Fsp3) is 0.333.